The number of H-pyrrole nitrogens is 1. The number of nitrogens with one attached hydrogen (secondary N) is 1. The number of esters is 2. The summed E-state index contributed by atoms with van der Waals surface area (Å²) in [5, 5.41) is 0. The van der Waals surface area contributed by atoms with E-state index in [0.717, 1.165) is 12.1 Å². The van der Waals surface area contributed by atoms with Gasteiger partial charge in [0.2, 0.25) is 5.78 Å². The van der Waals surface area contributed by atoms with Gasteiger partial charge in [-0.3, -0.25) is 4.79 Å². The van der Waals surface area contributed by atoms with Crippen LogP contribution in [0.15, 0.2) is 18.2 Å². The minimum atomic E-state index is -3.05. The Morgan fingerprint density at radius 2 is 1.77 bits per heavy atom. The minimum absolute atomic E-state index is 0.0205. The lowest BCUT2D eigenvalue weighted by molar-refractivity contribution is -0.0512. The number of carbonyl (C=O) groups is 3. The zero-order chi connectivity index (χ0) is 22.4. The zero-order valence-electron chi connectivity index (χ0n) is 16.8. The van der Waals surface area contributed by atoms with E-state index in [2.05, 4.69) is 9.72 Å². The molecule has 0 unspecified atom stereocenters. The average molecular weight is 425 g/mol. The van der Waals surface area contributed by atoms with Crippen LogP contribution in [0.1, 0.15) is 49.4 Å². The highest BCUT2D eigenvalue weighted by atomic mass is 19.3. The maximum Gasteiger partial charge on any atom is 0.387 e. The summed E-state index contributed by atoms with van der Waals surface area (Å²) in [6, 6.07) is 3.50. The number of aryl methyl sites for hydroxylation is 1. The molecule has 0 saturated heterocycles. The number of hydrogen-bond acceptors (Lipinski definition) is 7. The third kappa shape index (κ3) is 5.13. The molecule has 1 heterocycles. The van der Waals surface area contributed by atoms with Crippen molar-refractivity contribution in [2.75, 3.05) is 20.3 Å². The molecule has 0 spiro atoms. The van der Waals surface area contributed by atoms with Crippen molar-refractivity contribution < 1.29 is 42.1 Å². The van der Waals surface area contributed by atoms with E-state index >= 15 is 0 Å². The van der Waals surface area contributed by atoms with Crippen LogP contribution >= 0.6 is 0 Å². The van der Waals surface area contributed by atoms with Gasteiger partial charge in [0.25, 0.3) is 0 Å². The molecule has 0 amide bonds. The van der Waals surface area contributed by atoms with E-state index in [9.17, 15) is 23.2 Å². The van der Waals surface area contributed by atoms with Crippen LogP contribution in [0.5, 0.6) is 11.5 Å². The van der Waals surface area contributed by atoms with Crippen LogP contribution in [-0.2, 0) is 9.47 Å². The first-order chi connectivity index (χ1) is 14.2. The van der Waals surface area contributed by atoms with E-state index in [0.29, 0.717) is 11.3 Å². The number of aromatic nitrogens is 1. The highest BCUT2D eigenvalue weighted by Crippen LogP contribution is 2.29. The number of Topliss-reactive ketones (excluding diaryl/α,β-unsaturated/α-hetero) is 1. The number of ether oxygens (including phenoxy) is 4. The van der Waals surface area contributed by atoms with E-state index in [1.807, 2.05) is 0 Å². The second-order valence-corrected chi connectivity index (χ2v) is 6.09. The summed E-state index contributed by atoms with van der Waals surface area (Å²) in [7, 11) is 1.23. The molecular formula is C20H21F2NO7. The highest BCUT2D eigenvalue weighted by Gasteiger charge is 2.24. The molecule has 30 heavy (non-hydrogen) atoms. The van der Waals surface area contributed by atoms with Crippen LogP contribution in [0.2, 0.25) is 0 Å². The Morgan fingerprint density at radius 1 is 1.07 bits per heavy atom. The van der Waals surface area contributed by atoms with Crippen molar-refractivity contribution in [3.8, 4) is 11.5 Å². The summed E-state index contributed by atoms with van der Waals surface area (Å²) in [4.78, 5) is 39.5. The smallest absolute Gasteiger partial charge is 0.387 e. The predicted octanol–water partition coefficient (Wildman–Crippen LogP) is 3.46. The summed E-state index contributed by atoms with van der Waals surface area (Å²) >= 11 is 0. The lowest BCUT2D eigenvalue weighted by atomic mass is 10.1. The number of carbonyl (C=O) groups excluding carboxylic acids is 3. The standard InChI is InChI=1S/C20H21F2NO7/c1-5-28-19(26)16-10(2)17(23-11(16)3)13(24)9-29-18(25)12-6-7-14(30-20(21)22)15(8-12)27-4/h6-8,20,23H,5,9H2,1-4H3. The maximum atomic E-state index is 12.5. The second-order valence-electron chi connectivity index (χ2n) is 6.09. The van der Waals surface area contributed by atoms with Gasteiger partial charge in [0, 0.05) is 5.69 Å². The molecule has 10 heteroatoms. The van der Waals surface area contributed by atoms with Gasteiger partial charge in [0.05, 0.1) is 30.5 Å². The molecule has 2 aromatic rings. The number of aromatic amines is 1. The number of benzene rings is 1. The Kier molecular flexibility index (Phi) is 7.51. The molecular weight excluding hydrogens is 404 g/mol. The number of alkyl halides is 2. The molecule has 0 aliphatic rings. The van der Waals surface area contributed by atoms with Gasteiger partial charge in [-0.15, -0.1) is 0 Å². The van der Waals surface area contributed by atoms with E-state index in [1.54, 1.807) is 20.8 Å². The van der Waals surface area contributed by atoms with Gasteiger partial charge in [-0.2, -0.15) is 8.78 Å². The van der Waals surface area contributed by atoms with Crippen molar-refractivity contribution in [3.63, 3.8) is 0 Å². The minimum Gasteiger partial charge on any atom is -0.493 e. The van der Waals surface area contributed by atoms with Gasteiger partial charge >= 0.3 is 18.6 Å². The van der Waals surface area contributed by atoms with Crippen molar-refractivity contribution in [1.82, 2.24) is 4.98 Å². The molecule has 1 aromatic heterocycles. The van der Waals surface area contributed by atoms with E-state index in [1.165, 1.54) is 13.2 Å². The molecule has 0 saturated carbocycles. The molecule has 0 aliphatic heterocycles. The van der Waals surface area contributed by atoms with Gasteiger partial charge in [-0.05, 0) is 44.5 Å². The van der Waals surface area contributed by atoms with Gasteiger partial charge in [-0.25, -0.2) is 9.59 Å². The number of ketones is 1. The number of halogens is 2. The summed E-state index contributed by atoms with van der Waals surface area (Å²) in [6.07, 6.45) is 0. The summed E-state index contributed by atoms with van der Waals surface area (Å²) in [6.45, 7) is 1.41. The lowest BCUT2D eigenvalue weighted by Crippen LogP contribution is -2.16. The monoisotopic (exact) mass is 425 g/mol. The molecule has 0 bridgehead atoms. The van der Waals surface area contributed by atoms with Crippen molar-refractivity contribution in [2.24, 2.45) is 0 Å². The zero-order valence-corrected chi connectivity index (χ0v) is 16.8. The van der Waals surface area contributed by atoms with Gasteiger partial charge in [-0.1, -0.05) is 0 Å². The second kappa shape index (κ2) is 9.86. The van der Waals surface area contributed by atoms with Crippen molar-refractivity contribution in [2.45, 2.75) is 27.4 Å². The first-order valence-corrected chi connectivity index (χ1v) is 8.89. The first kappa shape index (κ1) is 22.9. The Labute approximate surface area is 171 Å². The normalized spacial score (nSPS) is 10.6. The third-order valence-corrected chi connectivity index (χ3v) is 4.15. The summed E-state index contributed by atoms with van der Waals surface area (Å²) in [5.74, 6) is -2.31. The maximum absolute atomic E-state index is 12.5. The molecule has 162 valence electrons. The average Bonchev–Trinajstić information content (AvgIpc) is 3.00. The molecule has 0 radical (unpaired) electrons. The van der Waals surface area contributed by atoms with Gasteiger partial charge < -0.3 is 23.9 Å². The SMILES string of the molecule is CCOC(=O)c1c(C)[nH]c(C(=O)COC(=O)c2ccc(OC(F)F)c(OC)c2)c1C. The fourth-order valence-corrected chi connectivity index (χ4v) is 2.81. The first-order valence-electron chi connectivity index (χ1n) is 8.89. The van der Waals surface area contributed by atoms with Crippen molar-refractivity contribution in [3.05, 3.63) is 46.3 Å². The van der Waals surface area contributed by atoms with Crippen LogP contribution in [-0.4, -0.2) is 49.6 Å². The van der Waals surface area contributed by atoms with Gasteiger partial charge in [0.15, 0.2) is 18.1 Å². The Balaban J connectivity index is 2.11. The molecule has 8 nitrogen and oxygen atoms in total. The number of rotatable bonds is 9. The Hall–Kier alpha value is -3.43. The predicted molar refractivity (Wildman–Crippen MR) is 100 cm³/mol. The molecule has 0 aliphatic carbocycles. The van der Waals surface area contributed by atoms with Crippen LogP contribution in [0.3, 0.4) is 0 Å². The van der Waals surface area contributed by atoms with E-state index in [-0.39, 0.29) is 34.9 Å². The number of hydrogen-bond donors (Lipinski definition) is 1. The van der Waals surface area contributed by atoms with Gasteiger partial charge in [0.1, 0.15) is 0 Å². The quantitative estimate of drug-likeness (QED) is 0.485. The molecule has 0 atom stereocenters. The Morgan fingerprint density at radius 3 is 2.37 bits per heavy atom. The largest absolute Gasteiger partial charge is 0.493 e. The third-order valence-electron chi connectivity index (χ3n) is 4.15. The lowest BCUT2D eigenvalue weighted by Gasteiger charge is -2.11. The summed E-state index contributed by atoms with van der Waals surface area (Å²) in [5.41, 5.74) is 1.21. The molecule has 1 N–H and O–H groups in total. The fraction of sp³-hybridized carbons (Fsp3) is 0.350. The van der Waals surface area contributed by atoms with Crippen LogP contribution in [0.25, 0.3) is 0 Å². The van der Waals surface area contributed by atoms with Crippen molar-refractivity contribution >= 4 is 17.7 Å². The van der Waals surface area contributed by atoms with E-state index in [4.69, 9.17) is 14.2 Å². The van der Waals surface area contributed by atoms with Crippen molar-refractivity contribution in [1.29, 1.82) is 0 Å². The van der Waals surface area contributed by atoms with Crippen LogP contribution in [0, 0.1) is 13.8 Å². The fourth-order valence-electron chi connectivity index (χ4n) is 2.81. The molecule has 0 fully saturated rings. The number of methoxy groups -OCH3 is 1. The van der Waals surface area contributed by atoms with Crippen LogP contribution in [0.4, 0.5) is 8.78 Å². The summed E-state index contributed by atoms with van der Waals surface area (Å²) < 4.78 is 44.0. The van der Waals surface area contributed by atoms with Crippen LogP contribution < -0.4 is 9.47 Å². The Bertz CT molecular complexity index is 953. The molecule has 2 rings (SSSR count). The highest BCUT2D eigenvalue weighted by molar-refractivity contribution is 6.03. The topological polar surface area (TPSA) is 104 Å². The molecule has 1 aromatic carbocycles. The van der Waals surface area contributed by atoms with E-state index < -0.39 is 30.9 Å².